The minimum absolute atomic E-state index is 0.0731. The van der Waals surface area contributed by atoms with Crippen LogP contribution in [-0.2, 0) is 9.59 Å². The molecule has 2 aromatic heterocycles. The molecule has 10 heteroatoms. The van der Waals surface area contributed by atoms with Gasteiger partial charge >= 0.3 is 0 Å². The Hall–Kier alpha value is -6.62. The minimum Gasteiger partial charge on any atom is -0.340 e. The van der Waals surface area contributed by atoms with Gasteiger partial charge in [-0.15, -0.1) is 0 Å². The van der Waals surface area contributed by atoms with Crippen LogP contribution in [0.15, 0.2) is 133 Å². The van der Waals surface area contributed by atoms with E-state index in [0.717, 1.165) is 158 Å². The Bertz CT molecular complexity index is 2890. The first-order valence-electron chi connectivity index (χ1n) is 25.3. The third-order valence-corrected chi connectivity index (χ3v) is 15.4. The highest BCUT2D eigenvalue weighted by atomic mass is 16.2. The molecule has 0 bridgehead atoms. The van der Waals surface area contributed by atoms with Gasteiger partial charge in [0.1, 0.15) is 23.7 Å². The van der Waals surface area contributed by atoms with Crippen molar-refractivity contribution in [2.45, 2.75) is 88.4 Å². The molecule has 4 saturated heterocycles. The zero-order chi connectivity index (χ0) is 45.6. The number of nitrogens with one attached hydrogen (secondary N) is 2. The summed E-state index contributed by atoms with van der Waals surface area (Å²) in [6.45, 7) is 5.32. The van der Waals surface area contributed by atoms with Crippen molar-refractivity contribution in [1.29, 1.82) is 0 Å². The molecule has 4 fully saturated rings. The number of rotatable bonds is 10. The number of hydrogen-bond donors (Lipinski definition) is 2. The van der Waals surface area contributed by atoms with Gasteiger partial charge in [0.15, 0.2) is 0 Å². The van der Waals surface area contributed by atoms with Gasteiger partial charge in [-0.1, -0.05) is 110 Å². The fourth-order valence-corrected chi connectivity index (χ4v) is 11.9. The number of benzene rings is 6. The highest BCUT2D eigenvalue weighted by Gasteiger charge is 2.40. The van der Waals surface area contributed by atoms with Crippen LogP contribution >= 0.6 is 0 Å². The van der Waals surface area contributed by atoms with E-state index in [1.807, 2.05) is 12.1 Å². The van der Waals surface area contributed by atoms with Gasteiger partial charge in [-0.05, 0) is 158 Å². The average Bonchev–Trinajstić information content (AvgIpc) is 4.24. The molecule has 344 valence electrons. The van der Waals surface area contributed by atoms with E-state index in [2.05, 4.69) is 151 Å². The quantitative estimate of drug-likeness (QED) is 0.142. The fourth-order valence-electron chi connectivity index (χ4n) is 11.9. The van der Waals surface area contributed by atoms with E-state index in [4.69, 9.17) is 9.97 Å². The highest BCUT2D eigenvalue weighted by molar-refractivity contribution is 5.93. The van der Waals surface area contributed by atoms with Crippen LogP contribution in [0.5, 0.6) is 0 Å². The number of imidazole rings is 2. The summed E-state index contributed by atoms with van der Waals surface area (Å²) in [5.74, 6) is 2.13. The molecule has 2 N–H and O–H groups in total. The first-order chi connectivity index (χ1) is 33.5. The topological polar surface area (TPSA) is 104 Å². The lowest BCUT2D eigenvalue weighted by Crippen LogP contribution is -2.44. The summed E-state index contributed by atoms with van der Waals surface area (Å²) >= 11 is 0. The van der Waals surface area contributed by atoms with E-state index in [9.17, 15) is 9.59 Å². The molecule has 0 radical (unpaired) electrons. The molecule has 2 unspecified atom stereocenters. The number of amides is 2. The Morgan fingerprint density at radius 2 is 0.838 bits per heavy atom. The van der Waals surface area contributed by atoms with Crippen LogP contribution in [0, 0.1) is 0 Å². The van der Waals surface area contributed by atoms with Gasteiger partial charge in [-0.3, -0.25) is 19.4 Å². The number of likely N-dealkylation sites (tertiary alicyclic amines) is 4. The van der Waals surface area contributed by atoms with Crippen LogP contribution in [-0.4, -0.2) is 90.6 Å². The summed E-state index contributed by atoms with van der Waals surface area (Å²) in [4.78, 5) is 55.6. The van der Waals surface area contributed by atoms with Gasteiger partial charge in [0.25, 0.3) is 0 Å². The second kappa shape index (κ2) is 18.5. The van der Waals surface area contributed by atoms with E-state index in [0.29, 0.717) is 0 Å². The summed E-state index contributed by atoms with van der Waals surface area (Å²) in [5.41, 5.74) is 10.5. The molecule has 4 aliphatic rings. The molecular weight excluding hydrogens is 841 g/mol. The number of H-pyrrole nitrogens is 2. The van der Waals surface area contributed by atoms with Crippen molar-refractivity contribution < 1.29 is 9.59 Å². The number of nitrogens with zero attached hydrogens (tertiary/aromatic N) is 6. The average molecular weight is 901 g/mol. The van der Waals surface area contributed by atoms with E-state index in [1.54, 1.807) is 0 Å². The molecule has 4 atom stereocenters. The maximum absolute atomic E-state index is 14.5. The second-order valence-corrected chi connectivity index (χ2v) is 19.7. The first-order valence-corrected chi connectivity index (χ1v) is 25.3. The molecule has 68 heavy (non-hydrogen) atoms. The number of fused-ring (bicyclic) bond motifs is 3. The van der Waals surface area contributed by atoms with Crippen molar-refractivity contribution in [3.8, 4) is 22.3 Å². The standard InChI is InChI=1S/C58H60N8O2/c67-57(53(39-15-5-1-6-16-39)63-29-9-3-10-30-63)65-33-13-19-51(65)55-59-47-27-25-45(37-49(47)61-55)43-23-21-42-36-44(24-22-41(42)35-43)46-26-28-48-50(38-46)62-56(60-48)52-20-14-34-66(52)58(68)54(40-17-7-2-8-18-40)64-31-11-4-12-32-64/h1-2,5-8,15-18,21-28,35-38,51-54H,3-4,9-14,19-20,29-34H2,(H,59,61)(H,60,62)/t51-,52-,53?,54?/m0/s1. The molecule has 0 spiro atoms. The van der Waals surface area contributed by atoms with Gasteiger partial charge in [0, 0.05) is 13.1 Å². The van der Waals surface area contributed by atoms with Crippen molar-refractivity contribution in [1.82, 2.24) is 39.5 Å². The van der Waals surface area contributed by atoms with E-state index >= 15 is 0 Å². The second-order valence-electron chi connectivity index (χ2n) is 19.7. The third kappa shape index (κ3) is 8.17. The maximum Gasteiger partial charge on any atom is 0.245 e. The molecular formula is C58H60N8O2. The Labute approximate surface area is 398 Å². The maximum atomic E-state index is 14.5. The normalized spacial score (nSPS) is 20.4. The highest BCUT2D eigenvalue weighted by Crippen LogP contribution is 2.39. The number of carbonyl (C=O) groups is 2. The van der Waals surface area contributed by atoms with Crippen LogP contribution in [0.1, 0.15) is 111 Å². The van der Waals surface area contributed by atoms with Gasteiger partial charge in [-0.25, -0.2) is 9.97 Å². The third-order valence-electron chi connectivity index (χ3n) is 15.4. The van der Waals surface area contributed by atoms with Gasteiger partial charge in [-0.2, -0.15) is 0 Å². The van der Waals surface area contributed by atoms with Crippen LogP contribution < -0.4 is 0 Å². The zero-order valence-electron chi connectivity index (χ0n) is 38.8. The van der Waals surface area contributed by atoms with Gasteiger partial charge in [0.2, 0.25) is 11.8 Å². The zero-order valence-corrected chi connectivity index (χ0v) is 38.8. The molecule has 6 heterocycles. The van der Waals surface area contributed by atoms with E-state index in [-0.39, 0.29) is 36.0 Å². The predicted octanol–water partition coefficient (Wildman–Crippen LogP) is 11.7. The van der Waals surface area contributed by atoms with E-state index < -0.39 is 0 Å². The molecule has 8 aromatic rings. The molecule has 0 aliphatic carbocycles. The molecule has 0 saturated carbocycles. The summed E-state index contributed by atoms with van der Waals surface area (Å²) in [6, 6.07) is 46.4. The van der Waals surface area contributed by atoms with Crippen molar-refractivity contribution >= 4 is 44.7 Å². The largest absolute Gasteiger partial charge is 0.340 e. The molecule has 4 aliphatic heterocycles. The van der Waals surface area contributed by atoms with Crippen LogP contribution in [0.4, 0.5) is 0 Å². The smallest absolute Gasteiger partial charge is 0.245 e. The Kier molecular flexibility index (Phi) is 11.6. The molecule has 10 nitrogen and oxygen atoms in total. The monoisotopic (exact) mass is 900 g/mol. The van der Waals surface area contributed by atoms with Crippen molar-refractivity contribution in [2.75, 3.05) is 39.3 Å². The molecule has 12 rings (SSSR count). The fraction of sp³-hybridized carbons (Fsp3) is 0.345. The van der Waals surface area contributed by atoms with Crippen molar-refractivity contribution in [2.24, 2.45) is 0 Å². The number of aromatic nitrogens is 4. The first kappa shape index (κ1) is 42.7. The van der Waals surface area contributed by atoms with Crippen LogP contribution in [0.2, 0.25) is 0 Å². The Morgan fingerprint density at radius 3 is 1.26 bits per heavy atom. The van der Waals surface area contributed by atoms with E-state index in [1.165, 1.54) is 23.6 Å². The lowest BCUT2D eigenvalue weighted by atomic mass is 9.97. The Balaban J connectivity index is 0.764. The van der Waals surface area contributed by atoms with Crippen LogP contribution in [0.25, 0.3) is 55.1 Å². The summed E-state index contributed by atoms with van der Waals surface area (Å²) in [6.07, 6.45) is 10.7. The number of piperidine rings is 2. The summed E-state index contributed by atoms with van der Waals surface area (Å²) in [7, 11) is 0. The minimum atomic E-state index is -0.263. The van der Waals surface area contributed by atoms with Crippen LogP contribution in [0.3, 0.4) is 0 Å². The molecule has 2 amide bonds. The lowest BCUT2D eigenvalue weighted by molar-refractivity contribution is -0.139. The number of hydrogen-bond acceptors (Lipinski definition) is 6. The number of carbonyl (C=O) groups excluding carboxylic acids is 2. The van der Waals surface area contributed by atoms with Gasteiger partial charge < -0.3 is 19.8 Å². The molecule has 6 aromatic carbocycles. The number of aromatic amines is 2. The summed E-state index contributed by atoms with van der Waals surface area (Å²) < 4.78 is 0. The van der Waals surface area contributed by atoms with Crippen molar-refractivity contribution in [3.05, 3.63) is 156 Å². The summed E-state index contributed by atoms with van der Waals surface area (Å²) in [5, 5.41) is 2.35. The SMILES string of the molecule is O=C(C(c1ccccc1)N1CCCCC1)N1CCC[C@H]1c1nc2ccc(-c3ccc4cc(-c5ccc6nc([C@@H]7CCCN7C(=O)C(c7ccccc7)N7CCCCC7)[nH]c6c5)ccc4c3)cc2[nH]1. The lowest BCUT2D eigenvalue weighted by Gasteiger charge is -2.37. The Morgan fingerprint density at radius 1 is 0.441 bits per heavy atom. The van der Waals surface area contributed by atoms with Gasteiger partial charge in [0.05, 0.1) is 34.2 Å². The predicted molar refractivity (Wildman–Crippen MR) is 271 cm³/mol. The van der Waals surface area contributed by atoms with Crippen molar-refractivity contribution in [3.63, 3.8) is 0 Å².